The van der Waals surface area contributed by atoms with Gasteiger partial charge in [-0.15, -0.1) is 0 Å². The molecule has 234 valence electrons. The van der Waals surface area contributed by atoms with Gasteiger partial charge in [0.15, 0.2) is 4.80 Å². The highest BCUT2D eigenvalue weighted by molar-refractivity contribution is 9.10. The summed E-state index contributed by atoms with van der Waals surface area (Å²) in [5, 5.41) is 0. The van der Waals surface area contributed by atoms with Crippen molar-refractivity contribution in [2.45, 2.75) is 33.4 Å². The largest absolute Gasteiger partial charge is 0.497 e. The van der Waals surface area contributed by atoms with Gasteiger partial charge in [-0.25, -0.2) is 9.38 Å². The standard InChI is InChI=1S/C34H33BrFN3O5S/c1-6-38(7-2)33(41)30-20(3)37-34-39(31(30)25-18-24(42-4)13-15-27(25)43-5)32(40)29(45-34)17-22-10-14-28(26(35)16-22)44-19-21-8-11-23(36)12-9-21/h8-18,31H,6-7,19H2,1-5H3/b29-17+/t31-/m0/s1. The minimum absolute atomic E-state index is 0.189. The summed E-state index contributed by atoms with van der Waals surface area (Å²) in [6, 6.07) is 16.2. The van der Waals surface area contributed by atoms with Gasteiger partial charge in [0.05, 0.1) is 34.5 Å². The summed E-state index contributed by atoms with van der Waals surface area (Å²) in [4.78, 5) is 35.1. The Bertz CT molecular complexity index is 1950. The van der Waals surface area contributed by atoms with Crippen molar-refractivity contribution in [1.82, 2.24) is 9.47 Å². The molecule has 4 aromatic rings. The van der Waals surface area contributed by atoms with Crippen molar-refractivity contribution in [2.75, 3.05) is 27.3 Å². The van der Waals surface area contributed by atoms with Crippen molar-refractivity contribution >= 4 is 39.2 Å². The lowest BCUT2D eigenvalue weighted by atomic mass is 9.93. The zero-order valence-electron chi connectivity index (χ0n) is 25.6. The van der Waals surface area contributed by atoms with E-state index in [1.165, 1.54) is 23.5 Å². The molecule has 0 fully saturated rings. The van der Waals surface area contributed by atoms with E-state index in [-0.39, 0.29) is 23.9 Å². The number of halogens is 2. The number of amides is 1. The van der Waals surface area contributed by atoms with Crippen molar-refractivity contribution in [3.8, 4) is 17.2 Å². The maximum atomic E-state index is 14.2. The summed E-state index contributed by atoms with van der Waals surface area (Å²) in [6.45, 7) is 6.94. The Morgan fingerprint density at radius 1 is 1.04 bits per heavy atom. The normalized spacial score (nSPS) is 14.6. The van der Waals surface area contributed by atoms with Crippen LogP contribution in [-0.2, 0) is 11.4 Å². The van der Waals surface area contributed by atoms with E-state index in [4.69, 9.17) is 19.2 Å². The molecule has 11 heteroatoms. The van der Waals surface area contributed by atoms with E-state index >= 15 is 0 Å². The number of rotatable bonds is 10. The summed E-state index contributed by atoms with van der Waals surface area (Å²) in [5.41, 5.74) is 2.91. The zero-order valence-corrected chi connectivity index (χ0v) is 28.0. The number of methoxy groups -OCH3 is 2. The predicted molar refractivity (Wildman–Crippen MR) is 176 cm³/mol. The topological polar surface area (TPSA) is 82.4 Å². The van der Waals surface area contributed by atoms with Crippen molar-refractivity contribution in [3.05, 3.63) is 119 Å². The molecule has 45 heavy (non-hydrogen) atoms. The fraction of sp³-hybridized carbons (Fsp3) is 0.265. The van der Waals surface area contributed by atoms with Crippen LogP contribution >= 0.6 is 27.3 Å². The third-order valence-corrected chi connectivity index (χ3v) is 9.20. The smallest absolute Gasteiger partial charge is 0.271 e. The van der Waals surface area contributed by atoms with Crippen molar-refractivity contribution in [2.24, 2.45) is 4.99 Å². The molecule has 0 unspecified atom stereocenters. The fourth-order valence-electron chi connectivity index (χ4n) is 5.24. The average molecular weight is 695 g/mol. The van der Waals surface area contributed by atoms with Crippen LogP contribution in [0.4, 0.5) is 4.39 Å². The maximum Gasteiger partial charge on any atom is 0.271 e. The zero-order chi connectivity index (χ0) is 32.2. The molecule has 0 saturated carbocycles. The number of carbonyl (C=O) groups excluding carboxylic acids is 1. The molecular weight excluding hydrogens is 661 g/mol. The fourth-order valence-corrected chi connectivity index (χ4v) is 6.80. The molecule has 8 nitrogen and oxygen atoms in total. The van der Waals surface area contributed by atoms with E-state index in [0.29, 0.717) is 61.0 Å². The maximum absolute atomic E-state index is 14.2. The lowest BCUT2D eigenvalue weighted by Gasteiger charge is -2.30. The quantitative estimate of drug-likeness (QED) is 0.216. The molecule has 0 bridgehead atoms. The highest BCUT2D eigenvalue weighted by atomic mass is 79.9. The third kappa shape index (κ3) is 6.60. The van der Waals surface area contributed by atoms with Crippen LogP contribution in [0.1, 0.15) is 43.5 Å². The van der Waals surface area contributed by atoms with Gasteiger partial charge >= 0.3 is 0 Å². The number of hydrogen-bond donors (Lipinski definition) is 0. The van der Waals surface area contributed by atoms with Gasteiger partial charge in [-0.3, -0.25) is 14.2 Å². The molecule has 1 atom stereocenters. The van der Waals surface area contributed by atoms with Crippen LogP contribution < -0.4 is 29.1 Å². The Morgan fingerprint density at radius 2 is 1.76 bits per heavy atom. The molecule has 5 rings (SSSR count). The number of fused-ring (bicyclic) bond motifs is 1. The first kappa shape index (κ1) is 32.2. The van der Waals surface area contributed by atoms with Crippen LogP contribution in [-0.4, -0.2) is 42.7 Å². The second-order valence-electron chi connectivity index (χ2n) is 10.3. The second kappa shape index (κ2) is 13.8. The number of benzene rings is 3. The highest BCUT2D eigenvalue weighted by Crippen LogP contribution is 2.38. The van der Waals surface area contributed by atoms with Crippen LogP contribution in [0.25, 0.3) is 6.08 Å². The SMILES string of the molecule is CCN(CC)C(=O)C1=C(C)N=c2s/c(=C/c3ccc(OCc4ccc(F)cc4)c(Br)c3)c(=O)n2[C@H]1c1cc(OC)ccc1OC. The van der Waals surface area contributed by atoms with Crippen LogP contribution in [0.2, 0.25) is 0 Å². The van der Waals surface area contributed by atoms with Gasteiger partial charge in [0.2, 0.25) is 0 Å². The van der Waals surface area contributed by atoms with Crippen LogP contribution in [0.5, 0.6) is 17.2 Å². The number of thiazole rings is 1. The van der Waals surface area contributed by atoms with Crippen molar-refractivity contribution in [1.29, 1.82) is 0 Å². The molecule has 1 amide bonds. The van der Waals surface area contributed by atoms with Crippen LogP contribution in [0, 0.1) is 5.82 Å². The number of hydrogen-bond acceptors (Lipinski definition) is 7. The number of carbonyl (C=O) groups is 1. The van der Waals surface area contributed by atoms with Gasteiger partial charge in [0.1, 0.15) is 35.7 Å². The average Bonchev–Trinajstić information content (AvgIpc) is 3.34. The van der Waals surface area contributed by atoms with Gasteiger partial charge in [-0.1, -0.05) is 29.5 Å². The Balaban J connectivity index is 1.59. The molecule has 0 spiro atoms. The molecule has 3 aromatic carbocycles. The second-order valence-corrected chi connectivity index (χ2v) is 12.1. The van der Waals surface area contributed by atoms with E-state index in [1.807, 2.05) is 32.0 Å². The molecule has 0 N–H and O–H groups in total. The molecule has 2 heterocycles. The third-order valence-electron chi connectivity index (χ3n) is 7.60. The first-order chi connectivity index (χ1) is 21.7. The van der Waals surface area contributed by atoms with E-state index in [9.17, 15) is 14.0 Å². The number of likely N-dealkylation sites (N-methyl/N-ethyl adjacent to an activating group) is 1. The van der Waals surface area contributed by atoms with Gasteiger partial charge in [0, 0.05) is 18.7 Å². The van der Waals surface area contributed by atoms with Crippen molar-refractivity contribution < 1.29 is 23.4 Å². The van der Waals surface area contributed by atoms with E-state index < -0.39 is 6.04 Å². The summed E-state index contributed by atoms with van der Waals surface area (Å²) < 4.78 is 33.1. The Labute approximate surface area is 272 Å². The predicted octanol–water partition coefficient (Wildman–Crippen LogP) is 5.60. The Kier molecular flexibility index (Phi) is 9.89. The first-order valence-electron chi connectivity index (χ1n) is 14.4. The summed E-state index contributed by atoms with van der Waals surface area (Å²) in [6.07, 6.45) is 1.80. The lowest BCUT2D eigenvalue weighted by Crippen LogP contribution is -2.43. The van der Waals surface area contributed by atoms with Gasteiger partial charge in [-0.2, -0.15) is 0 Å². The first-order valence-corrected chi connectivity index (χ1v) is 16.0. The van der Waals surface area contributed by atoms with Gasteiger partial charge in [-0.05, 0) is 96.4 Å². The van der Waals surface area contributed by atoms with Crippen molar-refractivity contribution in [3.63, 3.8) is 0 Å². The molecule has 0 radical (unpaired) electrons. The summed E-state index contributed by atoms with van der Waals surface area (Å²) >= 11 is 4.83. The number of nitrogens with zero attached hydrogens (tertiary/aromatic N) is 3. The minimum atomic E-state index is -0.782. The molecule has 1 aliphatic heterocycles. The summed E-state index contributed by atoms with van der Waals surface area (Å²) in [5.74, 6) is 1.22. The van der Waals surface area contributed by atoms with Gasteiger partial charge in [0.25, 0.3) is 11.5 Å². The molecular formula is C34H33BrFN3O5S. The van der Waals surface area contributed by atoms with Crippen LogP contribution in [0.3, 0.4) is 0 Å². The highest BCUT2D eigenvalue weighted by Gasteiger charge is 2.36. The van der Waals surface area contributed by atoms with Gasteiger partial charge < -0.3 is 19.1 Å². The summed E-state index contributed by atoms with van der Waals surface area (Å²) in [7, 11) is 3.12. The lowest BCUT2D eigenvalue weighted by molar-refractivity contribution is -0.127. The Morgan fingerprint density at radius 3 is 2.40 bits per heavy atom. The number of aromatic nitrogens is 1. The molecule has 1 aliphatic rings. The Hall–Kier alpha value is -4.22. The minimum Gasteiger partial charge on any atom is -0.497 e. The monoisotopic (exact) mass is 693 g/mol. The van der Waals surface area contributed by atoms with E-state index in [0.717, 1.165) is 11.1 Å². The molecule has 0 saturated heterocycles. The molecule has 0 aliphatic carbocycles. The number of allylic oxidation sites excluding steroid dienone is 1. The molecule has 1 aromatic heterocycles. The van der Waals surface area contributed by atoms with E-state index in [1.54, 1.807) is 67.0 Å². The number of ether oxygens (including phenoxy) is 3. The van der Waals surface area contributed by atoms with Crippen LogP contribution in [0.15, 0.2) is 86.2 Å². The van der Waals surface area contributed by atoms with E-state index in [2.05, 4.69) is 15.9 Å².